The Balaban J connectivity index is 1.70. The number of pyridine rings is 1. The molecule has 0 amide bonds. The molecule has 0 bridgehead atoms. The Morgan fingerprint density at radius 3 is 2.61 bits per heavy atom. The Kier molecular flexibility index (Phi) is 4.34. The Morgan fingerprint density at radius 1 is 1.09 bits per heavy atom. The van der Waals surface area contributed by atoms with Gasteiger partial charge in [-0.15, -0.1) is 0 Å². The largest absolute Gasteiger partial charge is 0.309 e. The molecule has 2 fully saturated rings. The minimum Gasteiger partial charge on any atom is -0.309 e. The molecule has 4 rings (SSSR count). The van der Waals surface area contributed by atoms with Crippen LogP contribution in [-0.4, -0.2) is 39.1 Å². The third kappa shape index (κ3) is 2.89. The van der Waals surface area contributed by atoms with Crippen LogP contribution < -0.4 is 0 Å². The fraction of sp³-hybridized carbons (Fsp3) is 0.684. The molecule has 0 unspecified atom stereocenters. The minimum atomic E-state index is 0.605. The molecule has 124 valence electrons. The second kappa shape index (κ2) is 6.60. The number of fused-ring (bicyclic) bond motifs is 1. The van der Waals surface area contributed by atoms with Gasteiger partial charge in [0.15, 0.2) is 5.65 Å². The number of imidazole rings is 1. The molecule has 2 aliphatic rings. The summed E-state index contributed by atoms with van der Waals surface area (Å²) in [7, 11) is 0. The first-order valence-electron chi connectivity index (χ1n) is 9.42. The molecule has 0 atom stereocenters. The van der Waals surface area contributed by atoms with Crippen LogP contribution in [0.3, 0.4) is 0 Å². The van der Waals surface area contributed by atoms with Crippen molar-refractivity contribution < 1.29 is 0 Å². The quantitative estimate of drug-likeness (QED) is 0.854. The van der Waals surface area contributed by atoms with Crippen LogP contribution in [0.15, 0.2) is 18.3 Å². The molecule has 0 aromatic carbocycles. The van der Waals surface area contributed by atoms with E-state index in [-0.39, 0.29) is 0 Å². The zero-order valence-corrected chi connectivity index (χ0v) is 14.2. The average Bonchev–Trinajstić information content (AvgIpc) is 3.02. The predicted molar refractivity (Wildman–Crippen MR) is 93.7 cm³/mol. The molecule has 23 heavy (non-hydrogen) atoms. The van der Waals surface area contributed by atoms with E-state index in [1.165, 1.54) is 70.4 Å². The van der Waals surface area contributed by atoms with Gasteiger partial charge in [0.25, 0.3) is 0 Å². The van der Waals surface area contributed by atoms with Crippen molar-refractivity contribution in [3.05, 3.63) is 24.2 Å². The molecule has 0 spiro atoms. The normalized spacial score (nSPS) is 22.0. The molecule has 1 saturated heterocycles. The highest BCUT2D eigenvalue weighted by atomic mass is 15.2. The maximum absolute atomic E-state index is 5.04. The average molecular weight is 312 g/mol. The summed E-state index contributed by atoms with van der Waals surface area (Å²) in [6.45, 7) is 5.86. The zero-order chi connectivity index (χ0) is 15.6. The summed E-state index contributed by atoms with van der Waals surface area (Å²) in [6, 6.07) is 4.76. The lowest BCUT2D eigenvalue weighted by molar-refractivity contribution is 0.214. The Bertz CT molecular complexity index is 648. The maximum Gasteiger partial charge on any atom is 0.160 e. The van der Waals surface area contributed by atoms with Crippen LogP contribution in [0.5, 0.6) is 0 Å². The highest BCUT2D eigenvalue weighted by Crippen LogP contribution is 2.36. The molecule has 2 aromatic rings. The van der Waals surface area contributed by atoms with E-state index in [0.29, 0.717) is 12.0 Å². The number of likely N-dealkylation sites (tertiary alicyclic amines) is 1. The van der Waals surface area contributed by atoms with Crippen LogP contribution in [0.2, 0.25) is 0 Å². The van der Waals surface area contributed by atoms with E-state index in [0.717, 1.165) is 11.2 Å². The lowest BCUT2D eigenvalue weighted by Gasteiger charge is -2.33. The molecule has 1 aliphatic carbocycles. The Labute approximate surface area is 138 Å². The Hall–Kier alpha value is -1.42. The fourth-order valence-corrected chi connectivity index (χ4v) is 4.44. The van der Waals surface area contributed by atoms with E-state index in [2.05, 4.69) is 22.5 Å². The first kappa shape index (κ1) is 15.1. The van der Waals surface area contributed by atoms with Gasteiger partial charge in [-0.05, 0) is 57.5 Å². The summed E-state index contributed by atoms with van der Waals surface area (Å²) in [5.41, 5.74) is 2.21. The van der Waals surface area contributed by atoms with Crippen molar-refractivity contribution in [2.75, 3.05) is 19.6 Å². The summed E-state index contributed by atoms with van der Waals surface area (Å²) in [4.78, 5) is 12.3. The van der Waals surface area contributed by atoms with Gasteiger partial charge in [0.05, 0.1) is 0 Å². The summed E-state index contributed by atoms with van der Waals surface area (Å²) in [5, 5.41) is 0. The molecule has 4 nitrogen and oxygen atoms in total. The third-order valence-electron chi connectivity index (χ3n) is 5.82. The minimum absolute atomic E-state index is 0.605. The highest BCUT2D eigenvalue weighted by molar-refractivity contribution is 5.71. The standard InChI is InChI=1S/C19H28N4/c1-2-22-13-10-15(11-14-22)18-21-17-9-6-12-20-19(17)23(18)16-7-4-3-5-8-16/h6,9,12,15-16H,2-5,7-8,10-11,13-14H2,1H3. The number of piperidine rings is 1. The van der Waals surface area contributed by atoms with E-state index >= 15 is 0 Å². The molecular weight excluding hydrogens is 284 g/mol. The van der Waals surface area contributed by atoms with E-state index in [1.54, 1.807) is 0 Å². The molecule has 1 saturated carbocycles. The lowest BCUT2D eigenvalue weighted by Crippen LogP contribution is -2.33. The molecule has 0 N–H and O–H groups in total. The summed E-state index contributed by atoms with van der Waals surface area (Å²) < 4.78 is 2.53. The van der Waals surface area contributed by atoms with Crippen molar-refractivity contribution in [3.8, 4) is 0 Å². The number of nitrogens with zero attached hydrogens (tertiary/aromatic N) is 4. The molecule has 4 heteroatoms. The SMILES string of the molecule is CCN1CCC(c2nc3cccnc3n2C2CCCCC2)CC1. The topological polar surface area (TPSA) is 34.0 Å². The van der Waals surface area contributed by atoms with Crippen molar-refractivity contribution >= 4 is 11.2 Å². The first-order valence-corrected chi connectivity index (χ1v) is 9.42. The maximum atomic E-state index is 5.04. The molecular formula is C19H28N4. The van der Waals surface area contributed by atoms with Gasteiger partial charge in [0.2, 0.25) is 0 Å². The summed E-state index contributed by atoms with van der Waals surface area (Å²) >= 11 is 0. The van der Waals surface area contributed by atoms with Gasteiger partial charge in [-0.1, -0.05) is 26.2 Å². The van der Waals surface area contributed by atoms with Crippen LogP contribution in [0.25, 0.3) is 11.2 Å². The van der Waals surface area contributed by atoms with Gasteiger partial charge in [0.1, 0.15) is 11.3 Å². The van der Waals surface area contributed by atoms with Gasteiger partial charge < -0.3 is 9.47 Å². The first-order chi connectivity index (χ1) is 11.4. The van der Waals surface area contributed by atoms with Crippen LogP contribution in [0.4, 0.5) is 0 Å². The zero-order valence-electron chi connectivity index (χ0n) is 14.2. The van der Waals surface area contributed by atoms with Crippen LogP contribution in [0.1, 0.15) is 69.7 Å². The van der Waals surface area contributed by atoms with Crippen molar-refractivity contribution in [1.29, 1.82) is 0 Å². The second-order valence-corrected chi connectivity index (χ2v) is 7.19. The predicted octanol–water partition coefficient (Wildman–Crippen LogP) is 4.14. The fourth-order valence-electron chi connectivity index (χ4n) is 4.44. The molecule has 2 aromatic heterocycles. The van der Waals surface area contributed by atoms with Crippen LogP contribution in [0, 0.1) is 0 Å². The number of aromatic nitrogens is 3. The van der Waals surface area contributed by atoms with Gasteiger partial charge >= 0.3 is 0 Å². The monoisotopic (exact) mass is 312 g/mol. The van der Waals surface area contributed by atoms with Crippen molar-refractivity contribution in [3.63, 3.8) is 0 Å². The van der Waals surface area contributed by atoms with Crippen molar-refractivity contribution in [2.45, 2.75) is 63.8 Å². The van der Waals surface area contributed by atoms with Gasteiger partial charge in [-0.2, -0.15) is 0 Å². The van der Waals surface area contributed by atoms with Crippen molar-refractivity contribution in [1.82, 2.24) is 19.4 Å². The van der Waals surface area contributed by atoms with E-state index in [1.807, 2.05) is 12.3 Å². The van der Waals surface area contributed by atoms with Crippen LogP contribution in [-0.2, 0) is 0 Å². The smallest absolute Gasteiger partial charge is 0.160 e. The number of hydrogen-bond donors (Lipinski definition) is 0. The van der Waals surface area contributed by atoms with E-state index in [4.69, 9.17) is 9.97 Å². The molecule has 3 heterocycles. The molecule has 0 radical (unpaired) electrons. The van der Waals surface area contributed by atoms with Crippen molar-refractivity contribution in [2.24, 2.45) is 0 Å². The van der Waals surface area contributed by atoms with E-state index < -0.39 is 0 Å². The summed E-state index contributed by atoms with van der Waals surface area (Å²) in [5.74, 6) is 1.93. The molecule has 1 aliphatic heterocycles. The highest BCUT2D eigenvalue weighted by Gasteiger charge is 2.28. The lowest BCUT2D eigenvalue weighted by atomic mass is 9.92. The van der Waals surface area contributed by atoms with Gasteiger partial charge in [-0.25, -0.2) is 9.97 Å². The Morgan fingerprint density at radius 2 is 1.87 bits per heavy atom. The van der Waals surface area contributed by atoms with Gasteiger partial charge in [-0.3, -0.25) is 0 Å². The summed E-state index contributed by atoms with van der Waals surface area (Å²) in [6.07, 6.45) is 11.1. The van der Waals surface area contributed by atoms with Gasteiger partial charge in [0, 0.05) is 18.2 Å². The second-order valence-electron chi connectivity index (χ2n) is 7.19. The van der Waals surface area contributed by atoms with E-state index in [9.17, 15) is 0 Å². The van der Waals surface area contributed by atoms with Crippen LogP contribution >= 0.6 is 0 Å². The number of hydrogen-bond acceptors (Lipinski definition) is 3. The number of rotatable bonds is 3. The third-order valence-corrected chi connectivity index (χ3v) is 5.82.